The molecule has 0 radical (unpaired) electrons. The quantitative estimate of drug-likeness (QED) is 0.199. The summed E-state index contributed by atoms with van der Waals surface area (Å²) in [6.45, 7) is 2.26. The highest BCUT2D eigenvalue weighted by Crippen LogP contribution is 2.14. The fraction of sp³-hybridized carbons (Fsp3) is 0.875. The summed E-state index contributed by atoms with van der Waals surface area (Å²) >= 11 is 0. The van der Waals surface area contributed by atoms with Crippen molar-refractivity contribution in [2.24, 2.45) is 5.73 Å². The molecule has 6 heteroatoms. The predicted octanol–water partition coefficient (Wildman–Crippen LogP) is 5.47. The molecule has 0 bridgehead atoms. The number of nitrogens with two attached hydrogens (primary N) is 1. The first-order valence-electron chi connectivity index (χ1n) is 12.3. The summed E-state index contributed by atoms with van der Waals surface area (Å²) < 4.78 is 0. The number of rotatable bonds is 22. The van der Waals surface area contributed by atoms with Gasteiger partial charge in [0.2, 0.25) is 11.8 Å². The number of primary amides is 1. The third kappa shape index (κ3) is 19.7. The van der Waals surface area contributed by atoms with Crippen molar-refractivity contribution in [3.8, 4) is 0 Å². The summed E-state index contributed by atoms with van der Waals surface area (Å²) in [5.41, 5.74) is 5.03. The minimum Gasteiger partial charge on any atom is -0.480 e. The fourth-order valence-corrected chi connectivity index (χ4v) is 3.64. The first kappa shape index (κ1) is 28.4. The van der Waals surface area contributed by atoms with Gasteiger partial charge < -0.3 is 16.2 Å². The molecule has 0 spiro atoms. The summed E-state index contributed by atoms with van der Waals surface area (Å²) in [6.07, 6.45) is 20.7. The fourth-order valence-electron chi connectivity index (χ4n) is 3.64. The molecule has 6 nitrogen and oxygen atoms in total. The molecule has 0 saturated carbocycles. The summed E-state index contributed by atoms with van der Waals surface area (Å²) in [5.74, 6) is -1.96. The van der Waals surface area contributed by atoms with Gasteiger partial charge in [0, 0.05) is 12.8 Å². The zero-order valence-corrected chi connectivity index (χ0v) is 19.3. The van der Waals surface area contributed by atoms with Crippen LogP contribution < -0.4 is 11.1 Å². The maximum Gasteiger partial charge on any atom is 0.326 e. The van der Waals surface area contributed by atoms with Crippen LogP contribution in [-0.2, 0) is 14.4 Å². The molecule has 0 unspecified atom stereocenters. The van der Waals surface area contributed by atoms with Crippen molar-refractivity contribution in [1.82, 2.24) is 5.32 Å². The Kier molecular flexibility index (Phi) is 19.6. The molecule has 0 aromatic carbocycles. The maximum absolute atomic E-state index is 11.9. The van der Waals surface area contributed by atoms with E-state index >= 15 is 0 Å². The molecular formula is C24H46N2O4. The lowest BCUT2D eigenvalue weighted by Crippen LogP contribution is -2.41. The van der Waals surface area contributed by atoms with E-state index in [0.29, 0.717) is 6.42 Å². The Bertz CT molecular complexity index is 454. The third-order valence-corrected chi connectivity index (χ3v) is 5.57. The Hall–Kier alpha value is -1.59. The van der Waals surface area contributed by atoms with E-state index in [1.54, 1.807) is 0 Å². The lowest BCUT2D eigenvalue weighted by atomic mass is 10.0. The topological polar surface area (TPSA) is 109 Å². The van der Waals surface area contributed by atoms with Crippen LogP contribution in [0.15, 0.2) is 0 Å². The van der Waals surface area contributed by atoms with Gasteiger partial charge in [-0.1, -0.05) is 103 Å². The second kappa shape index (κ2) is 20.7. The molecule has 0 aromatic heterocycles. The van der Waals surface area contributed by atoms with Crippen LogP contribution in [-0.4, -0.2) is 28.9 Å². The highest BCUT2D eigenvalue weighted by molar-refractivity contribution is 5.84. The SMILES string of the molecule is CCCCCCCCCCCCCCCCCCC(=O)N[C@@H](CCC(N)=O)C(=O)O. The van der Waals surface area contributed by atoms with Crippen molar-refractivity contribution in [3.05, 3.63) is 0 Å². The Balaban J connectivity index is 3.43. The Morgan fingerprint density at radius 3 is 1.47 bits per heavy atom. The van der Waals surface area contributed by atoms with Gasteiger partial charge >= 0.3 is 5.97 Å². The molecular weight excluding hydrogens is 380 g/mol. The molecule has 0 heterocycles. The second-order valence-electron chi connectivity index (χ2n) is 8.52. The molecule has 0 aromatic rings. The van der Waals surface area contributed by atoms with Gasteiger partial charge in [0.1, 0.15) is 6.04 Å². The van der Waals surface area contributed by atoms with E-state index in [4.69, 9.17) is 10.8 Å². The molecule has 0 rings (SSSR count). The lowest BCUT2D eigenvalue weighted by molar-refractivity contribution is -0.142. The van der Waals surface area contributed by atoms with Gasteiger partial charge in [-0.3, -0.25) is 9.59 Å². The molecule has 0 aliphatic rings. The van der Waals surface area contributed by atoms with E-state index in [9.17, 15) is 14.4 Å². The Morgan fingerprint density at radius 2 is 1.10 bits per heavy atom. The van der Waals surface area contributed by atoms with Gasteiger partial charge in [0.05, 0.1) is 0 Å². The number of carboxylic acids is 1. The predicted molar refractivity (Wildman–Crippen MR) is 122 cm³/mol. The van der Waals surface area contributed by atoms with Crippen LogP contribution in [0.3, 0.4) is 0 Å². The Morgan fingerprint density at radius 1 is 0.700 bits per heavy atom. The zero-order valence-electron chi connectivity index (χ0n) is 19.3. The van der Waals surface area contributed by atoms with Crippen LogP contribution in [0.25, 0.3) is 0 Å². The van der Waals surface area contributed by atoms with Gasteiger partial charge in [-0.05, 0) is 12.8 Å². The highest BCUT2D eigenvalue weighted by atomic mass is 16.4. The molecule has 176 valence electrons. The average Bonchev–Trinajstić information content (AvgIpc) is 2.70. The van der Waals surface area contributed by atoms with Crippen molar-refractivity contribution >= 4 is 17.8 Å². The number of hydrogen-bond acceptors (Lipinski definition) is 3. The van der Waals surface area contributed by atoms with Crippen LogP contribution >= 0.6 is 0 Å². The van der Waals surface area contributed by atoms with Crippen molar-refractivity contribution in [2.45, 2.75) is 135 Å². The van der Waals surface area contributed by atoms with Gasteiger partial charge in [-0.25, -0.2) is 4.79 Å². The summed E-state index contributed by atoms with van der Waals surface area (Å²) in [6, 6.07) is -1.04. The minimum absolute atomic E-state index is 0.0371. The van der Waals surface area contributed by atoms with Crippen LogP contribution in [0.5, 0.6) is 0 Å². The number of aliphatic carboxylic acids is 1. The molecule has 0 saturated heterocycles. The number of amides is 2. The molecule has 2 amide bonds. The van der Waals surface area contributed by atoms with Crippen LogP contribution in [0.1, 0.15) is 129 Å². The largest absolute Gasteiger partial charge is 0.480 e. The molecule has 0 aliphatic heterocycles. The van der Waals surface area contributed by atoms with Gasteiger partial charge in [0.25, 0.3) is 0 Å². The van der Waals surface area contributed by atoms with E-state index < -0.39 is 17.9 Å². The molecule has 0 fully saturated rings. The molecule has 4 N–H and O–H groups in total. The van der Waals surface area contributed by atoms with Gasteiger partial charge in [-0.15, -0.1) is 0 Å². The minimum atomic E-state index is -1.13. The van der Waals surface area contributed by atoms with Gasteiger partial charge in [-0.2, -0.15) is 0 Å². The summed E-state index contributed by atoms with van der Waals surface area (Å²) in [5, 5.41) is 11.6. The molecule has 1 atom stereocenters. The number of carbonyl (C=O) groups excluding carboxylic acids is 2. The summed E-state index contributed by atoms with van der Waals surface area (Å²) in [7, 11) is 0. The van der Waals surface area contributed by atoms with Crippen LogP contribution in [0.4, 0.5) is 0 Å². The first-order chi connectivity index (χ1) is 14.5. The third-order valence-electron chi connectivity index (χ3n) is 5.57. The number of unbranched alkanes of at least 4 members (excludes halogenated alkanes) is 15. The average molecular weight is 427 g/mol. The normalized spacial score (nSPS) is 11.9. The van der Waals surface area contributed by atoms with Crippen molar-refractivity contribution < 1.29 is 19.5 Å². The number of carboxylic acid groups (broad SMARTS) is 1. The number of carbonyl (C=O) groups is 3. The van der Waals surface area contributed by atoms with E-state index in [1.807, 2.05) is 0 Å². The van der Waals surface area contributed by atoms with Gasteiger partial charge in [0.15, 0.2) is 0 Å². The van der Waals surface area contributed by atoms with Crippen LogP contribution in [0.2, 0.25) is 0 Å². The van der Waals surface area contributed by atoms with Crippen LogP contribution in [0, 0.1) is 0 Å². The van der Waals surface area contributed by atoms with E-state index in [1.165, 1.54) is 83.5 Å². The smallest absolute Gasteiger partial charge is 0.326 e. The second-order valence-corrected chi connectivity index (χ2v) is 8.52. The van der Waals surface area contributed by atoms with E-state index in [2.05, 4.69) is 12.2 Å². The molecule has 0 aliphatic carbocycles. The lowest BCUT2D eigenvalue weighted by Gasteiger charge is -2.13. The van der Waals surface area contributed by atoms with Crippen molar-refractivity contribution in [2.75, 3.05) is 0 Å². The number of hydrogen-bond donors (Lipinski definition) is 3. The number of nitrogens with one attached hydrogen (secondary N) is 1. The highest BCUT2D eigenvalue weighted by Gasteiger charge is 2.20. The standard InChI is InChI=1S/C24H46N2O4/c1-2-3-4-5-6-7-8-9-10-11-12-13-14-15-16-17-18-23(28)26-21(24(29)30)19-20-22(25)27/h21H,2-20H2,1H3,(H2,25,27)(H,26,28)(H,29,30)/t21-/m0/s1. The van der Waals surface area contributed by atoms with Crippen molar-refractivity contribution in [1.29, 1.82) is 0 Å². The summed E-state index contributed by atoms with van der Waals surface area (Å²) in [4.78, 5) is 33.7. The van der Waals surface area contributed by atoms with E-state index in [0.717, 1.165) is 19.3 Å². The zero-order chi connectivity index (χ0) is 22.5. The first-order valence-corrected chi connectivity index (χ1v) is 12.3. The maximum atomic E-state index is 11.9. The molecule has 30 heavy (non-hydrogen) atoms. The van der Waals surface area contributed by atoms with Crippen molar-refractivity contribution in [3.63, 3.8) is 0 Å². The Labute approximate surface area is 183 Å². The monoisotopic (exact) mass is 426 g/mol. The van der Waals surface area contributed by atoms with E-state index in [-0.39, 0.29) is 18.7 Å².